The minimum absolute atomic E-state index is 0.143. The molecule has 0 aliphatic carbocycles. The molecular formula is C13H24O4. The number of carbonyl (C=O) groups is 1. The molecule has 0 aromatic rings. The Balaban J connectivity index is 2.39. The van der Waals surface area contributed by atoms with Crippen LogP contribution in [0.25, 0.3) is 0 Å². The zero-order valence-electron chi connectivity index (χ0n) is 11.5. The summed E-state index contributed by atoms with van der Waals surface area (Å²) in [4.78, 5) is 11.9. The van der Waals surface area contributed by atoms with Gasteiger partial charge in [-0.1, -0.05) is 13.8 Å². The van der Waals surface area contributed by atoms with Gasteiger partial charge in [-0.2, -0.15) is 0 Å². The van der Waals surface area contributed by atoms with Gasteiger partial charge in [0.15, 0.2) is 5.79 Å². The molecule has 0 bridgehead atoms. The Hall–Kier alpha value is -0.610. The van der Waals surface area contributed by atoms with Gasteiger partial charge in [0.2, 0.25) is 0 Å². The molecule has 100 valence electrons. The van der Waals surface area contributed by atoms with Crippen LogP contribution in [0.5, 0.6) is 0 Å². The molecule has 1 saturated heterocycles. The highest BCUT2D eigenvalue weighted by molar-refractivity contribution is 5.76. The first kappa shape index (κ1) is 14.5. The number of ether oxygens (including phenoxy) is 3. The van der Waals surface area contributed by atoms with Crippen molar-refractivity contribution >= 4 is 5.97 Å². The molecule has 4 nitrogen and oxygen atoms in total. The van der Waals surface area contributed by atoms with Gasteiger partial charge in [-0.15, -0.1) is 0 Å². The third kappa shape index (κ3) is 3.68. The van der Waals surface area contributed by atoms with Crippen LogP contribution in [-0.2, 0) is 19.0 Å². The Morgan fingerprint density at radius 3 is 2.41 bits per heavy atom. The predicted octanol–water partition coefficient (Wildman–Crippen LogP) is 2.51. The molecule has 1 unspecified atom stereocenters. The average Bonchev–Trinajstić information content (AvgIpc) is 2.64. The first-order valence-electron chi connectivity index (χ1n) is 6.32. The minimum Gasteiger partial charge on any atom is -0.462 e. The Labute approximate surface area is 104 Å². The van der Waals surface area contributed by atoms with Gasteiger partial charge < -0.3 is 14.2 Å². The second-order valence-corrected chi connectivity index (χ2v) is 5.32. The van der Waals surface area contributed by atoms with Crippen molar-refractivity contribution in [2.75, 3.05) is 13.2 Å². The van der Waals surface area contributed by atoms with Gasteiger partial charge in [-0.25, -0.2) is 0 Å². The Morgan fingerprint density at radius 1 is 1.41 bits per heavy atom. The summed E-state index contributed by atoms with van der Waals surface area (Å²) in [6.07, 6.45) is 1.43. The Bertz CT molecular complexity index is 269. The smallest absolute Gasteiger partial charge is 0.311 e. The molecular weight excluding hydrogens is 220 g/mol. The Kier molecular flexibility index (Phi) is 4.55. The molecule has 4 heteroatoms. The van der Waals surface area contributed by atoms with Crippen molar-refractivity contribution in [3.63, 3.8) is 0 Å². The van der Waals surface area contributed by atoms with Gasteiger partial charge in [0.05, 0.1) is 12.0 Å². The molecule has 1 aliphatic heterocycles. The van der Waals surface area contributed by atoms with Crippen LogP contribution in [0.2, 0.25) is 0 Å². The number of hydrogen-bond donors (Lipinski definition) is 0. The van der Waals surface area contributed by atoms with Gasteiger partial charge in [0.25, 0.3) is 0 Å². The van der Waals surface area contributed by atoms with Crippen molar-refractivity contribution in [2.24, 2.45) is 5.41 Å². The molecule has 0 spiro atoms. The third-order valence-corrected chi connectivity index (χ3v) is 3.52. The van der Waals surface area contributed by atoms with Crippen LogP contribution in [-0.4, -0.2) is 31.1 Å². The van der Waals surface area contributed by atoms with E-state index in [1.54, 1.807) is 0 Å². The summed E-state index contributed by atoms with van der Waals surface area (Å²) >= 11 is 0. The first-order valence-corrected chi connectivity index (χ1v) is 6.32. The second-order valence-electron chi connectivity index (χ2n) is 5.32. The van der Waals surface area contributed by atoms with Crippen LogP contribution in [0.15, 0.2) is 0 Å². The van der Waals surface area contributed by atoms with E-state index in [-0.39, 0.29) is 24.1 Å². The molecule has 1 aliphatic rings. The van der Waals surface area contributed by atoms with Gasteiger partial charge in [-0.3, -0.25) is 4.79 Å². The maximum Gasteiger partial charge on any atom is 0.311 e. The first-order chi connectivity index (χ1) is 7.83. The fourth-order valence-electron chi connectivity index (χ4n) is 1.73. The van der Waals surface area contributed by atoms with Crippen LogP contribution >= 0.6 is 0 Å². The zero-order valence-corrected chi connectivity index (χ0v) is 11.5. The van der Waals surface area contributed by atoms with E-state index in [0.717, 1.165) is 12.8 Å². The van der Waals surface area contributed by atoms with Gasteiger partial charge in [0.1, 0.15) is 12.7 Å². The largest absolute Gasteiger partial charge is 0.462 e. The molecule has 0 aromatic carbocycles. The van der Waals surface area contributed by atoms with Crippen LogP contribution < -0.4 is 0 Å². The SMILES string of the molecule is CCC(C)(CC)C(=O)OCC1COC(C)(C)O1. The Morgan fingerprint density at radius 2 is 2.00 bits per heavy atom. The summed E-state index contributed by atoms with van der Waals surface area (Å²) in [5.41, 5.74) is -0.380. The normalized spacial score (nSPS) is 23.7. The number of rotatable bonds is 5. The van der Waals surface area contributed by atoms with E-state index in [2.05, 4.69) is 0 Å². The summed E-state index contributed by atoms with van der Waals surface area (Å²) in [5, 5.41) is 0. The molecule has 0 aromatic heterocycles. The molecule has 0 N–H and O–H groups in total. The van der Waals surface area contributed by atoms with E-state index in [1.807, 2.05) is 34.6 Å². The minimum atomic E-state index is -0.560. The summed E-state index contributed by atoms with van der Waals surface area (Å²) < 4.78 is 16.3. The van der Waals surface area contributed by atoms with E-state index >= 15 is 0 Å². The highest BCUT2D eigenvalue weighted by Crippen LogP contribution is 2.28. The summed E-state index contributed by atoms with van der Waals surface area (Å²) in [6, 6.07) is 0. The summed E-state index contributed by atoms with van der Waals surface area (Å²) in [7, 11) is 0. The third-order valence-electron chi connectivity index (χ3n) is 3.52. The van der Waals surface area contributed by atoms with Gasteiger partial charge in [0, 0.05) is 0 Å². The average molecular weight is 244 g/mol. The van der Waals surface area contributed by atoms with E-state index in [9.17, 15) is 4.79 Å². The summed E-state index contributed by atoms with van der Waals surface area (Å²) in [6.45, 7) is 10.4. The van der Waals surface area contributed by atoms with E-state index in [1.165, 1.54) is 0 Å². The maximum absolute atomic E-state index is 11.9. The molecule has 1 atom stereocenters. The lowest BCUT2D eigenvalue weighted by atomic mass is 9.85. The number of esters is 1. The monoisotopic (exact) mass is 244 g/mol. The molecule has 1 heterocycles. The van der Waals surface area contributed by atoms with Crippen molar-refractivity contribution in [2.45, 2.75) is 59.4 Å². The second kappa shape index (κ2) is 5.36. The van der Waals surface area contributed by atoms with Crippen LogP contribution in [0.3, 0.4) is 0 Å². The molecule has 0 amide bonds. The van der Waals surface area contributed by atoms with Crippen molar-refractivity contribution in [3.8, 4) is 0 Å². The van der Waals surface area contributed by atoms with Gasteiger partial charge >= 0.3 is 5.97 Å². The van der Waals surface area contributed by atoms with Crippen molar-refractivity contribution < 1.29 is 19.0 Å². The molecule has 1 fully saturated rings. The standard InChI is InChI=1S/C13H24O4/c1-6-13(5,7-2)11(14)15-8-10-9-16-12(3,4)17-10/h10H,6-9H2,1-5H3. The highest BCUT2D eigenvalue weighted by Gasteiger charge is 2.35. The van der Waals surface area contributed by atoms with E-state index in [0.29, 0.717) is 6.61 Å². The number of carbonyl (C=O) groups excluding carboxylic acids is 1. The maximum atomic E-state index is 11.9. The van der Waals surface area contributed by atoms with E-state index < -0.39 is 5.79 Å². The van der Waals surface area contributed by atoms with Crippen molar-refractivity contribution in [3.05, 3.63) is 0 Å². The lowest BCUT2D eigenvalue weighted by Gasteiger charge is -2.25. The molecule has 1 rings (SSSR count). The topological polar surface area (TPSA) is 44.8 Å². The van der Waals surface area contributed by atoms with Crippen LogP contribution in [0, 0.1) is 5.41 Å². The highest BCUT2D eigenvalue weighted by atomic mass is 16.7. The van der Waals surface area contributed by atoms with Crippen molar-refractivity contribution in [1.29, 1.82) is 0 Å². The predicted molar refractivity (Wildman–Crippen MR) is 64.6 cm³/mol. The molecule has 0 saturated carbocycles. The lowest BCUT2D eigenvalue weighted by Crippen LogP contribution is -2.32. The fraction of sp³-hybridized carbons (Fsp3) is 0.923. The quantitative estimate of drug-likeness (QED) is 0.697. The van der Waals surface area contributed by atoms with Crippen molar-refractivity contribution in [1.82, 2.24) is 0 Å². The zero-order chi connectivity index (χ0) is 13.1. The van der Waals surface area contributed by atoms with Crippen LogP contribution in [0.4, 0.5) is 0 Å². The summed E-state index contributed by atoms with van der Waals surface area (Å²) in [5.74, 6) is -0.702. The fourth-order valence-corrected chi connectivity index (χ4v) is 1.73. The van der Waals surface area contributed by atoms with E-state index in [4.69, 9.17) is 14.2 Å². The number of hydrogen-bond acceptors (Lipinski definition) is 4. The van der Waals surface area contributed by atoms with Gasteiger partial charge in [-0.05, 0) is 33.6 Å². The van der Waals surface area contributed by atoms with Crippen LogP contribution in [0.1, 0.15) is 47.5 Å². The molecule has 0 radical (unpaired) electrons. The molecule has 17 heavy (non-hydrogen) atoms. The lowest BCUT2D eigenvalue weighted by molar-refractivity contribution is -0.166.